The third kappa shape index (κ3) is 4.74. The topological polar surface area (TPSA) is 84.2 Å². The van der Waals surface area contributed by atoms with E-state index in [4.69, 9.17) is 17.3 Å². The average Bonchev–Trinajstić information content (AvgIpc) is 2.29. The lowest BCUT2D eigenvalue weighted by Gasteiger charge is -2.23. The Kier molecular flexibility index (Phi) is 5.00. The van der Waals surface area contributed by atoms with Crippen LogP contribution >= 0.6 is 11.6 Å². The first-order valence-corrected chi connectivity index (χ1v) is 6.66. The molecule has 2 amide bonds. The molecule has 6 heteroatoms. The number of carbonyl (C=O) groups is 2. The Hall–Kier alpha value is -1.75. The van der Waals surface area contributed by atoms with Crippen molar-refractivity contribution in [3.63, 3.8) is 0 Å². The molecule has 0 heterocycles. The van der Waals surface area contributed by atoms with Gasteiger partial charge in [0.25, 0.3) is 5.91 Å². The maximum absolute atomic E-state index is 12.1. The van der Waals surface area contributed by atoms with E-state index < -0.39 is 11.9 Å². The van der Waals surface area contributed by atoms with Crippen molar-refractivity contribution in [2.24, 2.45) is 0 Å². The molecule has 0 aromatic heterocycles. The van der Waals surface area contributed by atoms with Gasteiger partial charge in [-0.3, -0.25) is 9.59 Å². The quantitative estimate of drug-likeness (QED) is 0.746. The minimum Gasteiger partial charge on any atom is -0.399 e. The summed E-state index contributed by atoms with van der Waals surface area (Å²) in [4.78, 5) is 24.0. The number of anilines is 1. The number of halogens is 1. The third-order valence-electron chi connectivity index (χ3n) is 2.47. The van der Waals surface area contributed by atoms with Crippen LogP contribution in [0.1, 0.15) is 38.1 Å². The zero-order valence-electron chi connectivity index (χ0n) is 12.1. The number of rotatable bonds is 3. The number of benzene rings is 1. The number of nitrogen functional groups attached to an aromatic ring is 1. The van der Waals surface area contributed by atoms with E-state index in [0.29, 0.717) is 10.7 Å². The SMILES string of the molecule is CC(NC(=O)c1cc(N)ccc1Cl)C(=O)NC(C)(C)C. The van der Waals surface area contributed by atoms with Gasteiger partial charge in [-0.25, -0.2) is 0 Å². The molecular formula is C14H20ClN3O2. The summed E-state index contributed by atoms with van der Waals surface area (Å²) < 4.78 is 0. The second-order valence-corrected chi connectivity index (χ2v) is 6.08. The number of carbonyl (C=O) groups excluding carboxylic acids is 2. The van der Waals surface area contributed by atoms with Gasteiger partial charge in [0.2, 0.25) is 5.91 Å². The summed E-state index contributed by atoms with van der Waals surface area (Å²) in [5.74, 6) is -0.690. The maximum atomic E-state index is 12.1. The van der Waals surface area contributed by atoms with Crippen LogP contribution in [-0.2, 0) is 4.79 Å². The molecule has 0 saturated heterocycles. The highest BCUT2D eigenvalue weighted by molar-refractivity contribution is 6.34. The summed E-state index contributed by atoms with van der Waals surface area (Å²) in [5.41, 5.74) is 5.95. The molecule has 0 bridgehead atoms. The summed E-state index contributed by atoms with van der Waals surface area (Å²) in [6.45, 7) is 7.22. The molecule has 0 aliphatic heterocycles. The molecule has 0 radical (unpaired) electrons. The lowest BCUT2D eigenvalue weighted by molar-refractivity contribution is -0.124. The zero-order valence-corrected chi connectivity index (χ0v) is 12.8. The highest BCUT2D eigenvalue weighted by atomic mass is 35.5. The standard InChI is InChI=1S/C14H20ClN3O2/c1-8(12(19)18-14(2,3)4)17-13(20)10-7-9(16)5-6-11(10)15/h5-8H,16H2,1-4H3,(H,17,20)(H,18,19). The van der Waals surface area contributed by atoms with E-state index in [9.17, 15) is 9.59 Å². The van der Waals surface area contributed by atoms with Crippen molar-refractivity contribution < 1.29 is 9.59 Å². The lowest BCUT2D eigenvalue weighted by atomic mass is 10.1. The number of nitrogens with one attached hydrogen (secondary N) is 2. The minimum atomic E-state index is -0.667. The van der Waals surface area contributed by atoms with Gasteiger partial charge in [-0.1, -0.05) is 11.6 Å². The molecule has 1 rings (SSSR count). The van der Waals surface area contributed by atoms with Gasteiger partial charge < -0.3 is 16.4 Å². The first-order valence-electron chi connectivity index (χ1n) is 6.28. The zero-order chi connectivity index (χ0) is 15.5. The van der Waals surface area contributed by atoms with E-state index in [1.807, 2.05) is 20.8 Å². The molecule has 4 N–H and O–H groups in total. The fourth-order valence-corrected chi connectivity index (χ4v) is 1.74. The van der Waals surface area contributed by atoms with Crippen molar-refractivity contribution in [3.05, 3.63) is 28.8 Å². The molecular weight excluding hydrogens is 278 g/mol. The first-order chi connectivity index (χ1) is 9.10. The number of amides is 2. The second kappa shape index (κ2) is 6.13. The molecule has 0 aliphatic rings. The molecule has 5 nitrogen and oxygen atoms in total. The molecule has 0 saturated carbocycles. The maximum Gasteiger partial charge on any atom is 0.253 e. The van der Waals surface area contributed by atoms with Crippen LogP contribution in [-0.4, -0.2) is 23.4 Å². The van der Waals surface area contributed by atoms with Gasteiger partial charge in [-0.05, 0) is 45.9 Å². The van der Waals surface area contributed by atoms with E-state index in [-0.39, 0.29) is 17.0 Å². The molecule has 0 spiro atoms. The monoisotopic (exact) mass is 297 g/mol. The Morgan fingerprint density at radius 1 is 1.30 bits per heavy atom. The van der Waals surface area contributed by atoms with Crippen LogP contribution in [0, 0.1) is 0 Å². The Balaban J connectivity index is 2.75. The van der Waals surface area contributed by atoms with Crippen molar-refractivity contribution in [1.82, 2.24) is 10.6 Å². The van der Waals surface area contributed by atoms with E-state index in [2.05, 4.69) is 10.6 Å². The Bertz CT molecular complexity index is 524. The summed E-state index contributed by atoms with van der Waals surface area (Å²) in [6, 6.07) is 3.96. The smallest absolute Gasteiger partial charge is 0.253 e. The van der Waals surface area contributed by atoms with Gasteiger partial charge in [-0.15, -0.1) is 0 Å². The largest absolute Gasteiger partial charge is 0.399 e. The number of hydrogen-bond donors (Lipinski definition) is 3. The van der Waals surface area contributed by atoms with Gasteiger partial charge >= 0.3 is 0 Å². The normalized spacial score (nSPS) is 12.7. The summed E-state index contributed by atoms with van der Waals surface area (Å²) >= 11 is 5.94. The van der Waals surface area contributed by atoms with Crippen LogP contribution in [0.3, 0.4) is 0 Å². The Morgan fingerprint density at radius 3 is 2.45 bits per heavy atom. The molecule has 110 valence electrons. The predicted octanol–water partition coefficient (Wildman–Crippen LogP) is 1.96. The molecule has 1 unspecified atom stereocenters. The highest BCUT2D eigenvalue weighted by Gasteiger charge is 2.22. The summed E-state index contributed by atoms with van der Waals surface area (Å²) in [5, 5.41) is 5.68. The number of hydrogen-bond acceptors (Lipinski definition) is 3. The molecule has 1 aromatic rings. The summed E-state index contributed by atoms with van der Waals surface area (Å²) in [7, 11) is 0. The van der Waals surface area contributed by atoms with Gasteiger partial charge in [0.15, 0.2) is 0 Å². The van der Waals surface area contributed by atoms with Gasteiger partial charge in [0, 0.05) is 11.2 Å². The van der Waals surface area contributed by atoms with Gasteiger partial charge in [0.05, 0.1) is 10.6 Å². The second-order valence-electron chi connectivity index (χ2n) is 5.67. The molecule has 0 fully saturated rings. The average molecular weight is 298 g/mol. The van der Waals surface area contributed by atoms with E-state index in [0.717, 1.165) is 0 Å². The molecule has 1 atom stereocenters. The molecule has 0 aliphatic carbocycles. The van der Waals surface area contributed by atoms with Crippen LogP contribution in [0.4, 0.5) is 5.69 Å². The Morgan fingerprint density at radius 2 is 1.90 bits per heavy atom. The van der Waals surface area contributed by atoms with Crippen LogP contribution < -0.4 is 16.4 Å². The van der Waals surface area contributed by atoms with Crippen molar-refractivity contribution in [3.8, 4) is 0 Å². The van der Waals surface area contributed by atoms with Crippen LogP contribution in [0.2, 0.25) is 5.02 Å². The first kappa shape index (κ1) is 16.3. The fourth-order valence-electron chi connectivity index (χ4n) is 1.53. The van der Waals surface area contributed by atoms with Crippen molar-refractivity contribution in [2.45, 2.75) is 39.3 Å². The Labute approximate surface area is 123 Å². The lowest BCUT2D eigenvalue weighted by Crippen LogP contribution is -2.50. The van der Waals surface area contributed by atoms with Crippen LogP contribution in [0.15, 0.2) is 18.2 Å². The van der Waals surface area contributed by atoms with Crippen molar-refractivity contribution in [1.29, 1.82) is 0 Å². The summed E-state index contributed by atoms with van der Waals surface area (Å²) in [6.07, 6.45) is 0. The van der Waals surface area contributed by atoms with E-state index in [1.54, 1.807) is 19.1 Å². The van der Waals surface area contributed by atoms with Crippen molar-refractivity contribution >= 4 is 29.1 Å². The van der Waals surface area contributed by atoms with Crippen LogP contribution in [0.25, 0.3) is 0 Å². The van der Waals surface area contributed by atoms with E-state index >= 15 is 0 Å². The van der Waals surface area contributed by atoms with Gasteiger partial charge in [0.1, 0.15) is 6.04 Å². The molecule has 20 heavy (non-hydrogen) atoms. The third-order valence-corrected chi connectivity index (χ3v) is 2.80. The number of nitrogens with two attached hydrogens (primary N) is 1. The molecule has 1 aromatic carbocycles. The minimum absolute atomic E-state index is 0.252. The van der Waals surface area contributed by atoms with Crippen LogP contribution in [0.5, 0.6) is 0 Å². The van der Waals surface area contributed by atoms with Crippen molar-refractivity contribution in [2.75, 3.05) is 5.73 Å². The predicted molar refractivity (Wildman–Crippen MR) is 80.7 cm³/mol. The van der Waals surface area contributed by atoms with E-state index in [1.165, 1.54) is 6.07 Å². The van der Waals surface area contributed by atoms with Gasteiger partial charge in [-0.2, -0.15) is 0 Å². The highest BCUT2D eigenvalue weighted by Crippen LogP contribution is 2.18. The fraction of sp³-hybridized carbons (Fsp3) is 0.429.